The third-order valence-electron chi connectivity index (χ3n) is 2.25. The van der Waals surface area contributed by atoms with Gasteiger partial charge in [0.05, 0.1) is 0 Å². The fourth-order valence-electron chi connectivity index (χ4n) is 1.24. The molecule has 96 valence electrons. The maximum Gasteiger partial charge on any atom is 0.293 e. The zero-order valence-electron chi connectivity index (χ0n) is 9.88. The van der Waals surface area contributed by atoms with E-state index in [1.807, 2.05) is 0 Å². The molecule has 0 aliphatic heterocycles. The summed E-state index contributed by atoms with van der Waals surface area (Å²) in [6, 6.07) is 6.25. The van der Waals surface area contributed by atoms with Crippen molar-refractivity contribution in [2.24, 2.45) is 0 Å². The van der Waals surface area contributed by atoms with Crippen molar-refractivity contribution in [3.63, 3.8) is 0 Å². The molecule has 1 atom stereocenters. The van der Waals surface area contributed by atoms with Gasteiger partial charge in [-0.15, -0.1) is 0 Å². The van der Waals surface area contributed by atoms with Gasteiger partial charge in [0.2, 0.25) is 12.3 Å². The predicted molar refractivity (Wildman–Crippen MR) is 64.6 cm³/mol. The van der Waals surface area contributed by atoms with Crippen molar-refractivity contribution in [2.75, 3.05) is 5.32 Å². The first kappa shape index (κ1) is 13.7. The lowest BCUT2D eigenvalue weighted by molar-refractivity contribution is -0.129. The number of anilines is 1. The normalized spacial score (nSPS) is 11.2. The molecule has 0 saturated carbocycles. The highest BCUT2D eigenvalue weighted by Gasteiger charge is 2.11. The molecular formula is C12H14N2O4. The summed E-state index contributed by atoms with van der Waals surface area (Å²) in [5.41, 5.74) is 1.42. The van der Waals surface area contributed by atoms with Gasteiger partial charge in [0, 0.05) is 5.69 Å². The molecule has 0 bridgehead atoms. The second kappa shape index (κ2) is 7.05. The standard InChI is InChI=1S/C12H14N2O4/c1-9(13-7-15)12(17)14-11-4-2-10(3-5-11)6-18-8-16/h2-5,7-9H,6H2,1H3,(H,13,15)(H,14,17). The van der Waals surface area contributed by atoms with Crippen LogP contribution in [0.5, 0.6) is 0 Å². The minimum Gasteiger partial charge on any atom is -0.463 e. The number of ether oxygens (including phenoxy) is 1. The third-order valence-corrected chi connectivity index (χ3v) is 2.25. The van der Waals surface area contributed by atoms with Crippen molar-refractivity contribution in [1.29, 1.82) is 0 Å². The van der Waals surface area contributed by atoms with Crippen LogP contribution in [0.25, 0.3) is 0 Å². The number of hydrogen-bond acceptors (Lipinski definition) is 4. The number of nitrogens with one attached hydrogen (secondary N) is 2. The summed E-state index contributed by atoms with van der Waals surface area (Å²) in [6.45, 7) is 2.15. The zero-order chi connectivity index (χ0) is 13.4. The Kier molecular flexibility index (Phi) is 5.37. The molecule has 0 spiro atoms. The summed E-state index contributed by atoms with van der Waals surface area (Å²) in [5.74, 6) is -0.306. The number of carbonyl (C=O) groups excluding carboxylic acids is 3. The Hall–Kier alpha value is -2.37. The highest BCUT2D eigenvalue weighted by atomic mass is 16.5. The Morgan fingerprint density at radius 3 is 2.56 bits per heavy atom. The lowest BCUT2D eigenvalue weighted by Crippen LogP contribution is -2.37. The van der Waals surface area contributed by atoms with E-state index in [1.165, 1.54) is 0 Å². The molecule has 0 aliphatic rings. The first-order valence-corrected chi connectivity index (χ1v) is 5.32. The van der Waals surface area contributed by atoms with Crippen molar-refractivity contribution >= 4 is 24.5 Å². The van der Waals surface area contributed by atoms with Crippen molar-refractivity contribution in [3.8, 4) is 0 Å². The molecule has 2 amide bonds. The van der Waals surface area contributed by atoms with E-state index in [-0.39, 0.29) is 12.5 Å². The van der Waals surface area contributed by atoms with Gasteiger partial charge < -0.3 is 15.4 Å². The van der Waals surface area contributed by atoms with Gasteiger partial charge in [0.25, 0.3) is 6.47 Å². The summed E-state index contributed by atoms with van der Waals surface area (Å²) < 4.78 is 4.59. The van der Waals surface area contributed by atoms with Crippen molar-refractivity contribution < 1.29 is 19.1 Å². The molecule has 6 heteroatoms. The maximum atomic E-state index is 11.6. The van der Waals surface area contributed by atoms with Gasteiger partial charge in [-0.25, -0.2) is 0 Å². The molecule has 1 aromatic rings. The maximum absolute atomic E-state index is 11.6. The number of carbonyl (C=O) groups is 3. The average Bonchev–Trinajstić information content (AvgIpc) is 2.38. The molecule has 1 unspecified atom stereocenters. The molecule has 0 fully saturated rings. The van der Waals surface area contributed by atoms with Crippen LogP contribution in [0.15, 0.2) is 24.3 Å². The fraction of sp³-hybridized carbons (Fsp3) is 0.250. The second-order valence-corrected chi connectivity index (χ2v) is 3.60. The van der Waals surface area contributed by atoms with Gasteiger partial charge in [0.1, 0.15) is 12.6 Å². The summed E-state index contributed by atoms with van der Waals surface area (Å²) in [4.78, 5) is 31.8. The predicted octanol–water partition coefficient (Wildman–Crippen LogP) is 0.433. The number of amides is 2. The van der Waals surface area contributed by atoms with Gasteiger partial charge >= 0.3 is 0 Å². The van der Waals surface area contributed by atoms with Gasteiger partial charge in [-0.05, 0) is 24.6 Å². The van der Waals surface area contributed by atoms with Crippen molar-refractivity contribution in [1.82, 2.24) is 5.32 Å². The SMILES string of the molecule is CC(NC=O)C(=O)Nc1ccc(COC=O)cc1. The van der Waals surface area contributed by atoms with Crippen molar-refractivity contribution in [3.05, 3.63) is 29.8 Å². The van der Waals surface area contributed by atoms with Crippen LogP contribution in [-0.2, 0) is 25.7 Å². The number of rotatable bonds is 7. The lowest BCUT2D eigenvalue weighted by Gasteiger charge is -2.11. The quantitative estimate of drug-likeness (QED) is 0.687. The Balaban J connectivity index is 2.55. The van der Waals surface area contributed by atoms with Gasteiger partial charge in [-0.3, -0.25) is 14.4 Å². The van der Waals surface area contributed by atoms with Gasteiger partial charge in [-0.2, -0.15) is 0 Å². The molecule has 2 N–H and O–H groups in total. The molecule has 18 heavy (non-hydrogen) atoms. The smallest absolute Gasteiger partial charge is 0.293 e. The van der Waals surface area contributed by atoms with Crippen LogP contribution < -0.4 is 10.6 Å². The molecule has 0 saturated heterocycles. The molecule has 0 radical (unpaired) electrons. The van der Waals surface area contributed by atoms with E-state index in [0.29, 0.717) is 18.6 Å². The summed E-state index contributed by atoms with van der Waals surface area (Å²) in [7, 11) is 0. The lowest BCUT2D eigenvalue weighted by atomic mass is 10.2. The number of hydrogen-bond donors (Lipinski definition) is 2. The Morgan fingerprint density at radius 2 is 2.00 bits per heavy atom. The van der Waals surface area contributed by atoms with Crippen LogP contribution in [-0.4, -0.2) is 24.8 Å². The van der Waals surface area contributed by atoms with E-state index in [0.717, 1.165) is 5.56 Å². The summed E-state index contributed by atoms with van der Waals surface area (Å²) >= 11 is 0. The third kappa shape index (κ3) is 4.25. The Labute approximate surface area is 104 Å². The van der Waals surface area contributed by atoms with Crippen LogP contribution in [0.4, 0.5) is 5.69 Å². The van der Waals surface area contributed by atoms with E-state index in [2.05, 4.69) is 15.4 Å². The van der Waals surface area contributed by atoms with Gasteiger partial charge in [0.15, 0.2) is 0 Å². The first-order chi connectivity index (χ1) is 8.67. The second-order valence-electron chi connectivity index (χ2n) is 3.60. The first-order valence-electron chi connectivity index (χ1n) is 5.32. The van der Waals surface area contributed by atoms with Gasteiger partial charge in [-0.1, -0.05) is 12.1 Å². The molecule has 1 aromatic carbocycles. The molecule has 0 aliphatic carbocycles. The Bertz CT molecular complexity index is 417. The zero-order valence-corrected chi connectivity index (χ0v) is 9.88. The van der Waals surface area contributed by atoms with Crippen molar-refractivity contribution in [2.45, 2.75) is 19.6 Å². The topological polar surface area (TPSA) is 84.5 Å². The van der Waals surface area contributed by atoms with Crippen LogP contribution in [0.3, 0.4) is 0 Å². The molecule has 0 heterocycles. The molecule has 0 aromatic heterocycles. The highest BCUT2D eigenvalue weighted by Crippen LogP contribution is 2.10. The monoisotopic (exact) mass is 250 g/mol. The summed E-state index contributed by atoms with van der Waals surface area (Å²) in [5, 5.41) is 4.99. The van der Waals surface area contributed by atoms with Crippen LogP contribution in [0.2, 0.25) is 0 Å². The van der Waals surface area contributed by atoms with Crippen LogP contribution in [0, 0.1) is 0 Å². The molecule has 6 nitrogen and oxygen atoms in total. The average molecular weight is 250 g/mol. The minimum atomic E-state index is -0.597. The van der Waals surface area contributed by atoms with Crippen LogP contribution in [0.1, 0.15) is 12.5 Å². The van der Waals surface area contributed by atoms with E-state index in [9.17, 15) is 14.4 Å². The molecular weight excluding hydrogens is 236 g/mol. The largest absolute Gasteiger partial charge is 0.463 e. The minimum absolute atomic E-state index is 0.195. The van der Waals surface area contributed by atoms with E-state index in [4.69, 9.17) is 0 Å². The van der Waals surface area contributed by atoms with E-state index in [1.54, 1.807) is 31.2 Å². The highest BCUT2D eigenvalue weighted by molar-refractivity contribution is 5.95. The van der Waals surface area contributed by atoms with E-state index < -0.39 is 6.04 Å². The Morgan fingerprint density at radius 1 is 1.33 bits per heavy atom. The summed E-state index contributed by atoms with van der Waals surface area (Å²) in [6.07, 6.45) is 0.476. The molecule has 1 rings (SSSR count). The van der Waals surface area contributed by atoms with Crippen LogP contribution >= 0.6 is 0 Å². The number of benzene rings is 1. The fourth-order valence-corrected chi connectivity index (χ4v) is 1.24. The van der Waals surface area contributed by atoms with E-state index >= 15 is 0 Å².